The van der Waals surface area contributed by atoms with Crippen LogP contribution >= 0.6 is 7.75 Å². The Hall–Kier alpha value is -2.86. The van der Waals surface area contributed by atoms with Crippen LogP contribution in [0.5, 0.6) is 5.75 Å². The van der Waals surface area contributed by atoms with Gasteiger partial charge in [0.15, 0.2) is 18.5 Å². The minimum absolute atomic E-state index is 0.175. The van der Waals surface area contributed by atoms with Gasteiger partial charge in [0.2, 0.25) is 0 Å². The first-order chi connectivity index (χ1) is 16.1. The second-order valence-electron chi connectivity index (χ2n) is 7.52. The van der Waals surface area contributed by atoms with Gasteiger partial charge in [0, 0.05) is 6.07 Å². The topological polar surface area (TPSA) is 171 Å². The molecule has 2 heterocycles. The smallest absolute Gasteiger partial charge is 0.459 e. The first kappa shape index (κ1) is 25.8. The van der Waals surface area contributed by atoms with E-state index >= 15 is 0 Å². The molecule has 184 valence electrons. The Morgan fingerprint density at radius 3 is 2.56 bits per heavy atom. The van der Waals surface area contributed by atoms with Gasteiger partial charge in [0.25, 0.3) is 12.1 Å². The Kier molecular flexibility index (Phi) is 8.37. The van der Waals surface area contributed by atoms with Crippen molar-refractivity contribution in [2.24, 2.45) is 5.73 Å². The summed E-state index contributed by atoms with van der Waals surface area (Å²) >= 11 is 0. The van der Waals surface area contributed by atoms with Gasteiger partial charge in [-0.3, -0.25) is 14.1 Å². The Balaban J connectivity index is 1.74. The summed E-state index contributed by atoms with van der Waals surface area (Å²) in [5.74, 6) is -1.16. The van der Waals surface area contributed by atoms with Gasteiger partial charge >= 0.3 is 13.7 Å². The van der Waals surface area contributed by atoms with Crippen LogP contribution in [-0.4, -0.2) is 60.2 Å². The molecule has 3 rings (SSSR count). The third-order valence-electron chi connectivity index (χ3n) is 5.02. The maximum Gasteiger partial charge on any atom is 0.459 e. The average molecular weight is 496 g/mol. The number of hydrogen-bond donors (Lipinski definition) is 4. The standard InChI is InChI=1S/C21H26N3O9P/c1-13(21(28)30-2)23-34(29,33-15-8-4-3-5-9-15)31-12-16-17(25)18(26)20(32-16)24-10-6-7-14(11-24)19(22)27/h3-11,13,16-18,20,25-26H,12H2,1-2H3,(H2-,22,23,27,29)/p+1/t13-,16+,17-,18-,20+,34?/m0/s1. The van der Waals surface area contributed by atoms with Crippen LogP contribution in [0.3, 0.4) is 0 Å². The van der Waals surface area contributed by atoms with Crippen molar-refractivity contribution in [1.82, 2.24) is 5.09 Å². The number of carbonyl (C=O) groups is 2. The van der Waals surface area contributed by atoms with Crippen molar-refractivity contribution in [3.63, 3.8) is 0 Å². The number of aliphatic hydroxyl groups excluding tert-OH is 2. The highest BCUT2D eigenvalue weighted by molar-refractivity contribution is 7.52. The molecule has 1 aliphatic heterocycles. The van der Waals surface area contributed by atoms with Crippen molar-refractivity contribution in [1.29, 1.82) is 0 Å². The number of hydrogen-bond acceptors (Lipinski definition) is 9. The van der Waals surface area contributed by atoms with Crippen LogP contribution < -0.4 is 19.9 Å². The highest BCUT2D eigenvalue weighted by atomic mass is 31.2. The zero-order chi connectivity index (χ0) is 24.9. The number of aliphatic hydroxyl groups is 2. The lowest BCUT2D eigenvalue weighted by Crippen LogP contribution is -2.46. The molecule has 12 nitrogen and oxygen atoms in total. The average Bonchev–Trinajstić information content (AvgIpc) is 3.11. The third-order valence-corrected chi connectivity index (χ3v) is 6.67. The maximum atomic E-state index is 13.4. The van der Waals surface area contributed by atoms with Crippen LogP contribution in [0, 0.1) is 0 Å². The molecule has 1 amide bonds. The molecule has 1 aromatic carbocycles. The number of pyridine rings is 1. The molecule has 1 aliphatic rings. The summed E-state index contributed by atoms with van der Waals surface area (Å²) in [4.78, 5) is 23.3. The lowest BCUT2D eigenvalue weighted by Gasteiger charge is -2.24. The quantitative estimate of drug-likeness (QED) is 0.200. The number of amides is 1. The van der Waals surface area contributed by atoms with Gasteiger partial charge in [-0.15, -0.1) is 0 Å². The molecule has 13 heteroatoms. The Morgan fingerprint density at radius 1 is 1.21 bits per heavy atom. The molecule has 5 N–H and O–H groups in total. The zero-order valence-electron chi connectivity index (χ0n) is 18.5. The predicted octanol–water partition coefficient (Wildman–Crippen LogP) is 0.0470. The van der Waals surface area contributed by atoms with Crippen LogP contribution in [0.4, 0.5) is 0 Å². The third kappa shape index (κ3) is 6.17. The van der Waals surface area contributed by atoms with Gasteiger partial charge in [-0.25, -0.2) is 4.57 Å². The first-order valence-electron chi connectivity index (χ1n) is 10.3. The lowest BCUT2D eigenvalue weighted by atomic mass is 10.1. The number of methoxy groups -OCH3 is 1. The number of ether oxygens (including phenoxy) is 2. The molecule has 1 unspecified atom stereocenters. The normalized spacial score (nSPS) is 24.7. The van der Waals surface area contributed by atoms with Crippen molar-refractivity contribution in [3.05, 3.63) is 60.4 Å². The largest absolute Gasteiger partial charge is 0.468 e. The van der Waals surface area contributed by atoms with Crippen LogP contribution in [0.25, 0.3) is 0 Å². The SMILES string of the molecule is COC(=O)[C@H](C)NP(=O)(OC[C@H]1O[C@@H]([n+]2cccc(C(N)=O)c2)[C@@H](O)[C@H]1O)Oc1ccccc1. The number of primary amides is 1. The molecule has 0 radical (unpaired) electrons. The van der Waals surface area contributed by atoms with E-state index in [2.05, 4.69) is 9.82 Å². The van der Waals surface area contributed by atoms with Gasteiger partial charge in [0.05, 0.1) is 13.7 Å². The minimum atomic E-state index is -4.17. The lowest BCUT2D eigenvalue weighted by molar-refractivity contribution is -0.765. The number of nitrogens with zero attached hydrogens (tertiary/aromatic N) is 1. The summed E-state index contributed by atoms with van der Waals surface area (Å²) in [6, 6.07) is 10.1. The van der Waals surface area contributed by atoms with E-state index in [1.165, 1.54) is 43.1 Å². The van der Waals surface area contributed by atoms with E-state index in [1.54, 1.807) is 30.3 Å². The van der Waals surface area contributed by atoms with Gasteiger partial charge in [-0.1, -0.05) is 18.2 Å². The molecule has 2 aromatic rings. The monoisotopic (exact) mass is 496 g/mol. The predicted molar refractivity (Wildman–Crippen MR) is 116 cm³/mol. The van der Waals surface area contributed by atoms with E-state index in [-0.39, 0.29) is 11.3 Å². The zero-order valence-corrected chi connectivity index (χ0v) is 19.4. The van der Waals surface area contributed by atoms with Crippen LogP contribution in [-0.2, 0) is 23.4 Å². The van der Waals surface area contributed by atoms with Crippen LogP contribution in [0.1, 0.15) is 23.5 Å². The molecule has 1 fully saturated rings. The maximum absolute atomic E-state index is 13.4. The van der Waals surface area contributed by atoms with Crippen LogP contribution in [0.2, 0.25) is 0 Å². The van der Waals surface area contributed by atoms with Gasteiger partial charge in [-0.2, -0.15) is 9.65 Å². The Labute approximate surface area is 195 Å². The van der Waals surface area contributed by atoms with E-state index < -0.39 is 56.8 Å². The molecular formula is C21H27N3O9P+. The Morgan fingerprint density at radius 2 is 1.91 bits per heavy atom. The number of rotatable bonds is 10. The number of nitrogens with two attached hydrogens (primary N) is 1. The molecule has 1 saturated heterocycles. The van der Waals surface area contributed by atoms with E-state index in [0.29, 0.717) is 0 Å². The van der Waals surface area contributed by atoms with E-state index in [0.717, 1.165) is 0 Å². The number of aromatic nitrogens is 1. The van der Waals surface area contributed by atoms with Crippen molar-refractivity contribution in [2.75, 3.05) is 13.7 Å². The molecular weight excluding hydrogens is 469 g/mol. The fraction of sp³-hybridized carbons (Fsp3) is 0.381. The number of esters is 1. The summed E-state index contributed by atoms with van der Waals surface area (Å²) in [5, 5.41) is 23.4. The molecule has 0 aliphatic carbocycles. The Bertz CT molecular complexity index is 1050. The first-order valence-corrected chi connectivity index (χ1v) is 11.8. The number of nitrogens with one attached hydrogen (secondary N) is 1. The van der Waals surface area contributed by atoms with Crippen molar-refractivity contribution >= 4 is 19.6 Å². The summed E-state index contributed by atoms with van der Waals surface area (Å²) < 4.78 is 36.1. The molecule has 0 bridgehead atoms. The fourth-order valence-corrected chi connectivity index (χ4v) is 4.76. The summed E-state index contributed by atoms with van der Waals surface area (Å²) in [6.07, 6.45) is -2.10. The van der Waals surface area contributed by atoms with Crippen molar-refractivity contribution < 1.29 is 47.5 Å². The highest BCUT2D eigenvalue weighted by Gasteiger charge is 2.49. The van der Waals surface area contributed by atoms with E-state index in [4.69, 9.17) is 19.5 Å². The number of benzene rings is 1. The van der Waals surface area contributed by atoms with E-state index in [1.807, 2.05) is 0 Å². The minimum Gasteiger partial charge on any atom is -0.468 e. The summed E-state index contributed by atoms with van der Waals surface area (Å²) in [5.41, 5.74) is 5.47. The second kappa shape index (κ2) is 11.0. The summed E-state index contributed by atoms with van der Waals surface area (Å²) in [6.45, 7) is 0.953. The number of carbonyl (C=O) groups excluding carboxylic acids is 2. The molecule has 34 heavy (non-hydrogen) atoms. The summed E-state index contributed by atoms with van der Waals surface area (Å²) in [7, 11) is -2.99. The molecule has 6 atom stereocenters. The van der Waals surface area contributed by atoms with Gasteiger partial charge in [0.1, 0.15) is 29.6 Å². The number of para-hydroxylation sites is 1. The van der Waals surface area contributed by atoms with Crippen LogP contribution in [0.15, 0.2) is 54.9 Å². The van der Waals surface area contributed by atoms with Crippen molar-refractivity contribution in [3.8, 4) is 5.75 Å². The highest BCUT2D eigenvalue weighted by Crippen LogP contribution is 2.45. The fourth-order valence-electron chi connectivity index (χ4n) is 3.26. The molecule has 0 spiro atoms. The van der Waals surface area contributed by atoms with Crippen molar-refractivity contribution in [2.45, 2.75) is 37.5 Å². The van der Waals surface area contributed by atoms with Gasteiger partial charge in [-0.05, 0) is 25.1 Å². The molecule has 1 aromatic heterocycles. The van der Waals surface area contributed by atoms with Gasteiger partial charge < -0.3 is 29.9 Å². The van der Waals surface area contributed by atoms with E-state index in [9.17, 15) is 24.4 Å². The second-order valence-corrected chi connectivity index (χ2v) is 9.22. The molecule has 0 saturated carbocycles.